The number of benzene rings is 1. The molecule has 2 aliphatic rings. The SMILES string of the molecule is COC(=O)[C@@H]1CCCN(C(=O)[C@@H](N)C[C@H]2CN(c3ccc(N(C)CC(F)(F)F)c(C)c3)CCO2)N1. The topological polar surface area (TPSA) is 100 Å². The number of hydrogen-bond donors (Lipinski definition) is 2. The summed E-state index contributed by atoms with van der Waals surface area (Å²) < 4.78 is 48.9. The minimum absolute atomic E-state index is 0.293. The zero-order valence-electron chi connectivity index (χ0n) is 20.3. The van der Waals surface area contributed by atoms with E-state index < -0.39 is 30.8 Å². The lowest BCUT2D eigenvalue weighted by Crippen LogP contribution is -2.59. The van der Waals surface area contributed by atoms with Crippen LogP contribution in [0.1, 0.15) is 24.8 Å². The molecular weight excluding hydrogens is 467 g/mol. The number of morpholine rings is 1. The number of methoxy groups -OCH3 is 1. The van der Waals surface area contributed by atoms with Gasteiger partial charge in [-0.1, -0.05) is 0 Å². The quantitative estimate of drug-likeness (QED) is 0.544. The first-order valence-electron chi connectivity index (χ1n) is 11.6. The summed E-state index contributed by atoms with van der Waals surface area (Å²) in [6.07, 6.45) is -3.04. The Kier molecular flexibility index (Phi) is 8.84. The Hall–Kier alpha value is -2.57. The van der Waals surface area contributed by atoms with Crippen LogP contribution >= 0.6 is 0 Å². The van der Waals surface area contributed by atoms with Gasteiger partial charge >= 0.3 is 12.1 Å². The second kappa shape index (κ2) is 11.4. The van der Waals surface area contributed by atoms with Crippen LogP contribution in [0, 0.1) is 6.92 Å². The molecule has 3 rings (SSSR count). The maximum absolute atomic E-state index is 12.9. The molecule has 0 aliphatic carbocycles. The number of aryl methyl sites for hydroxylation is 1. The van der Waals surface area contributed by atoms with Crippen LogP contribution in [0.3, 0.4) is 0 Å². The zero-order chi connectivity index (χ0) is 25.8. The van der Waals surface area contributed by atoms with Gasteiger partial charge in [0.1, 0.15) is 12.6 Å². The Bertz CT molecular complexity index is 900. The zero-order valence-corrected chi connectivity index (χ0v) is 20.3. The van der Waals surface area contributed by atoms with Gasteiger partial charge in [0.25, 0.3) is 5.91 Å². The smallest absolute Gasteiger partial charge is 0.405 e. The van der Waals surface area contributed by atoms with Crippen LogP contribution in [0.2, 0.25) is 0 Å². The maximum Gasteiger partial charge on any atom is 0.405 e. The Morgan fingerprint density at radius 2 is 2.09 bits per heavy atom. The molecule has 1 aromatic rings. The number of esters is 1. The average molecular weight is 502 g/mol. The van der Waals surface area contributed by atoms with E-state index in [2.05, 4.69) is 10.3 Å². The molecule has 35 heavy (non-hydrogen) atoms. The van der Waals surface area contributed by atoms with Crippen LogP contribution in [0.4, 0.5) is 24.5 Å². The third-order valence-electron chi connectivity index (χ3n) is 6.28. The fourth-order valence-corrected chi connectivity index (χ4v) is 4.56. The van der Waals surface area contributed by atoms with E-state index >= 15 is 0 Å². The number of carbonyl (C=O) groups is 2. The van der Waals surface area contributed by atoms with Crippen molar-refractivity contribution in [2.75, 3.05) is 56.7 Å². The van der Waals surface area contributed by atoms with Gasteiger partial charge in [-0.3, -0.25) is 14.6 Å². The van der Waals surface area contributed by atoms with Gasteiger partial charge in [0.15, 0.2) is 0 Å². The molecule has 2 saturated heterocycles. The largest absolute Gasteiger partial charge is 0.468 e. The monoisotopic (exact) mass is 501 g/mol. The lowest BCUT2D eigenvalue weighted by Gasteiger charge is -2.37. The third-order valence-corrected chi connectivity index (χ3v) is 6.28. The van der Waals surface area contributed by atoms with Gasteiger partial charge in [-0.15, -0.1) is 0 Å². The molecule has 2 heterocycles. The molecule has 1 aromatic carbocycles. The summed E-state index contributed by atoms with van der Waals surface area (Å²) in [5.74, 6) is -0.736. The van der Waals surface area contributed by atoms with Crippen LogP contribution in [-0.4, -0.2) is 88.2 Å². The molecule has 0 spiro atoms. The van der Waals surface area contributed by atoms with E-state index in [1.165, 1.54) is 24.1 Å². The van der Waals surface area contributed by atoms with Crippen molar-refractivity contribution in [3.8, 4) is 0 Å². The predicted molar refractivity (Wildman–Crippen MR) is 125 cm³/mol. The number of nitrogens with one attached hydrogen (secondary N) is 1. The van der Waals surface area contributed by atoms with Crippen LogP contribution < -0.4 is 21.0 Å². The number of nitrogens with zero attached hydrogens (tertiary/aromatic N) is 3. The molecule has 3 N–H and O–H groups in total. The Labute approximate surface area is 203 Å². The van der Waals surface area contributed by atoms with Crippen molar-refractivity contribution in [3.63, 3.8) is 0 Å². The van der Waals surface area contributed by atoms with Crippen LogP contribution in [0.15, 0.2) is 18.2 Å². The van der Waals surface area contributed by atoms with Gasteiger partial charge in [0, 0.05) is 38.1 Å². The first-order valence-corrected chi connectivity index (χ1v) is 11.6. The normalized spacial score (nSPS) is 22.0. The molecule has 9 nitrogen and oxygen atoms in total. The Morgan fingerprint density at radius 1 is 1.34 bits per heavy atom. The van der Waals surface area contributed by atoms with Crippen LogP contribution in [-0.2, 0) is 19.1 Å². The van der Waals surface area contributed by atoms with Crippen LogP contribution in [0.25, 0.3) is 0 Å². The lowest BCUT2D eigenvalue weighted by molar-refractivity contribution is -0.150. The molecule has 12 heteroatoms. The second-order valence-electron chi connectivity index (χ2n) is 9.06. The van der Waals surface area contributed by atoms with E-state index in [4.69, 9.17) is 15.2 Å². The number of hydrazine groups is 1. The Morgan fingerprint density at radius 3 is 2.74 bits per heavy atom. The van der Waals surface area contributed by atoms with Gasteiger partial charge < -0.3 is 25.0 Å². The number of amides is 1. The summed E-state index contributed by atoms with van der Waals surface area (Å²) in [5.41, 5.74) is 11.2. The molecule has 0 aromatic heterocycles. The van der Waals surface area contributed by atoms with Crippen molar-refractivity contribution in [3.05, 3.63) is 23.8 Å². The van der Waals surface area contributed by atoms with Gasteiger partial charge in [-0.25, -0.2) is 5.43 Å². The number of carbonyl (C=O) groups excluding carboxylic acids is 2. The number of rotatable bonds is 7. The number of anilines is 2. The molecule has 3 atom stereocenters. The molecule has 0 radical (unpaired) electrons. The summed E-state index contributed by atoms with van der Waals surface area (Å²) >= 11 is 0. The maximum atomic E-state index is 12.9. The van der Waals surface area contributed by atoms with Gasteiger partial charge in [0.2, 0.25) is 0 Å². The fraction of sp³-hybridized carbons (Fsp3) is 0.652. The number of hydrogen-bond acceptors (Lipinski definition) is 8. The molecule has 0 bridgehead atoms. The third kappa shape index (κ3) is 7.21. The van der Waals surface area contributed by atoms with Crippen molar-refractivity contribution >= 4 is 23.3 Å². The minimum Gasteiger partial charge on any atom is -0.468 e. The molecule has 0 saturated carbocycles. The van der Waals surface area contributed by atoms with E-state index in [1.807, 2.05) is 6.07 Å². The summed E-state index contributed by atoms with van der Waals surface area (Å²) in [6.45, 7) is 2.76. The summed E-state index contributed by atoms with van der Waals surface area (Å²) in [7, 11) is 2.72. The highest BCUT2D eigenvalue weighted by atomic mass is 19.4. The predicted octanol–water partition coefficient (Wildman–Crippen LogP) is 1.58. The van der Waals surface area contributed by atoms with Gasteiger partial charge in [0.05, 0.1) is 25.9 Å². The second-order valence-corrected chi connectivity index (χ2v) is 9.06. The first kappa shape index (κ1) is 27.0. The average Bonchev–Trinajstić information content (AvgIpc) is 2.82. The van der Waals surface area contributed by atoms with Crippen molar-refractivity contribution < 1.29 is 32.2 Å². The molecule has 196 valence electrons. The van der Waals surface area contributed by atoms with Crippen molar-refractivity contribution in [2.45, 2.75) is 50.6 Å². The number of halogens is 3. The number of alkyl halides is 3. The van der Waals surface area contributed by atoms with E-state index in [1.54, 1.807) is 19.1 Å². The van der Waals surface area contributed by atoms with Crippen molar-refractivity contribution in [2.24, 2.45) is 5.73 Å². The molecular formula is C23H34F3N5O4. The fourth-order valence-electron chi connectivity index (χ4n) is 4.56. The molecule has 0 unspecified atom stereocenters. The summed E-state index contributed by atoms with van der Waals surface area (Å²) in [4.78, 5) is 27.9. The molecule has 2 aliphatic heterocycles. The minimum atomic E-state index is -4.28. The van der Waals surface area contributed by atoms with Crippen molar-refractivity contribution in [1.82, 2.24) is 10.4 Å². The van der Waals surface area contributed by atoms with Crippen molar-refractivity contribution in [1.29, 1.82) is 0 Å². The summed E-state index contributed by atoms with van der Waals surface area (Å²) in [6, 6.07) is 3.96. The molecule has 1 amide bonds. The van der Waals surface area contributed by atoms with E-state index in [0.29, 0.717) is 51.2 Å². The number of nitrogens with two attached hydrogens (primary N) is 1. The van der Waals surface area contributed by atoms with Gasteiger partial charge in [-0.2, -0.15) is 13.2 Å². The highest BCUT2D eigenvalue weighted by Gasteiger charge is 2.33. The van der Waals surface area contributed by atoms with E-state index in [0.717, 1.165) is 11.3 Å². The first-order chi connectivity index (χ1) is 16.5. The van der Waals surface area contributed by atoms with Gasteiger partial charge in [-0.05, 0) is 49.9 Å². The molecule has 2 fully saturated rings. The Balaban J connectivity index is 1.58. The highest BCUT2D eigenvalue weighted by Crippen LogP contribution is 2.29. The standard InChI is InChI=1S/C23H34F3N5O4/c1-15-11-16(6-7-20(15)29(2)14-23(24,25)26)30-9-10-35-17(13-30)12-18(27)21(32)31-8-4-5-19(28-31)22(33)34-3/h6-7,11,17-19,28H,4-5,8-10,12-14,27H2,1-3H3/t17-,18-,19-/m0/s1. The van der Waals surface area contributed by atoms with E-state index in [-0.39, 0.29) is 12.0 Å². The number of ether oxygens (including phenoxy) is 2. The van der Waals surface area contributed by atoms with E-state index in [9.17, 15) is 22.8 Å². The highest BCUT2D eigenvalue weighted by molar-refractivity contribution is 5.82. The summed E-state index contributed by atoms with van der Waals surface area (Å²) in [5, 5.41) is 1.38. The lowest BCUT2D eigenvalue weighted by atomic mass is 10.0. The van der Waals surface area contributed by atoms with Crippen LogP contribution in [0.5, 0.6) is 0 Å².